The van der Waals surface area contributed by atoms with Crippen LogP contribution in [0.2, 0.25) is 5.02 Å². The number of amides is 1. The molecular weight excluding hydrogens is 576 g/mol. The maximum absolute atomic E-state index is 13.8. The second kappa shape index (κ2) is 10.7. The summed E-state index contributed by atoms with van der Waals surface area (Å²) < 4.78 is 82.2. The van der Waals surface area contributed by atoms with Crippen molar-refractivity contribution in [2.75, 3.05) is 6.54 Å². The van der Waals surface area contributed by atoms with Crippen LogP contribution < -0.4 is 4.73 Å². The lowest BCUT2D eigenvalue weighted by molar-refractivity contribution is -0.604. The molecule has 1 atom stereocenters. The van der Waals surface area contributed by atoms with Crippen molar-refractivity contribution in [3.8, 4) is 11.3 Å². The predicted molar refractivity (Wildman–Crippen MR) is 134 cm³/mol. The van der Waals surface area contributed by atoms with Gasteiger partial charge in [0.15, 0.2) is 18.1 Å². The standard InChI is InChI=1S/C27H20ClF6N5O2/c28-21-7-2-1-6-20(21)22-8-4-10-38(22)25(40)23-24(17-5-3-9-37(41)15-17)39(36-35-23)14-16-11-18(26(29,30)31)13-19(12-16)27(32,33)34/h1-3,5-7,9,11-13,15,22H,4,8,10,14H2. The van der Waals surface area contributed by atoms with E-state index < -0.39 is 42.0 Å². The summed E-state index contributed by atoms with van der Waals surface area (Å²) >= 11 is 6.38. The molecule has 1 amide bonds. The van der Waals surface area contributed by atoms with E-state index in [0.717, 1.165) is 16.4 Å². The Hall–Kier alpha value is -4.13. The molecule has 0 aliphatic carbocycles. The van der Waals surface area contributed by atoms with Gasteiger partial charge in [0.2, 0.25) is 0 Å². The van der Waals surface area contributed by atoms with E-state index in [1.54, 1.807) is 29.2 Å². The molecule has 0 saturated carbocycles. The van der Waals surface area contributed by atoms with Crippen molar-refractivity contribution in [3.05, 3.63) is 105 Å². The zero-order valence-electron chi connectivity index (χ0n) is 21.0. The Balaban J connectivity index is 1.59. The number of carbonyl (C=O) groups is 1. The first kappa shape index (κ1) is 28.4. The summed E-state index contributed by atoms with van der Waals surface area (Å²) in [6.45, 7) is -0.246. The number of carbonyl (C=O) groups excluding carboxylic acids is 1. The van der Waals surface area contributed by atoms with Crippen LogP contribution in [0.5, 0.6) is 0 Å². The lowest BCUT2D eigenvalue weighted by Crippen LogP contribution is -2.31. The first-order valence-electron chi connectivity index (χ1n) is 12.3. The van der Waals surface area contributed by atoms with Crippen LogP contribution in [0.25, 0.3) is 11.3 Å². The van der Waals surface area contributed by atoms with Crippen molar-refractivity contribution in [1.29, 1.82) is 0 Å². The molecule has 14 heteroatoms. The highest BCUT2D eigenvalue weighted by Gasteiger charge is 2.38. The first-order chi connectivity index (χ1) is 19.3. The third kappa shape index (κ3) is 5.85. The van der Waals surface area contributed by atoms with Gasteiger partial charge in [-0.2, -0.15) is 31.1 Å². The largest absolute Gasteiger partial charge is 0.619 e. The Bertz CT molecular complexity index is 1570. The molecule has 0 bridgehead atoms. The van der Waals surface area contributed by atoms with E-state index in [-0.39, 0.29) is 28.6 Å². The Labute approximate surface area is 234 Å². The molecule has 2 aromatic carbocycles. The van der Waals surface area contributed by atoms with Gasteiger partial charge in [-0.05, 0) is 54.3 Å². The summed E-state index contributed by atoms with van der Waals surface area (Å²) in [6, 6.07) is 10.6. The van der Waals surface area contributed by atoms with Crippen molar-refractivity contribution >= 4 is 17.5 Å². The fraction of sp³-hybridized carbons (Fsp3) is 0.259. The molecule has 0 radical (unpaired) electrons. The minimum atomic E-state index is -5.04. The summed E-state index contributed by atoms with van der Waals surface area (Å²) in [7, 11) is 0. The fourth-order valence-electron chi connectivity index (χ4n) is 4.95. The van der Waals surface area contributed by atoms with Crippen molar-refractivity contribution < 1.29 is 35.9 Å². The van der Waals surface area contributed by atoms with Crippen LogP contribution in [0.15, 0.2) is 67.0 Å². The van der Waals surface area contributed by atoms with E-state index in [4.69, 9.17) is 11.6 Å². The number of likely N-dealkylation sites (tertiary alicyclic amines) is 1. The highest BCUT2D eigenvalue weighted by Crippen LogP contribution is 2.39. The number of benzene rings is 2. The van der Waals surface area contributed by atoms with Crippen LogP contribution in [-0.2, 0) is 18.9 Å². The Morgan fingerprint density at radius 1 is 1.02 bits per heavy atom. The molecule has 5 rings (SSSR count). The molecule has 1 unspecified atom stereocenters. The highest BCUT2D eigenvalue weighted by molar-refractivity contribution is 6.31. The van der Waals surface area contributed by atoms with Crippen molar-refractivity contribution in [2.24, 2.45) is 0 Å². The van der Waals surface area contributed by atoms with Gasteiger partial charge < -0.3 is 10.1 Å². The number of aromatic nitrogens is 4. The average molecular weight is 596 g/mol. The van der Waals surface area contributed by atoms with Crippen LogP contribution in [0.1, 0.15) is 51.6 Å². The minimum Gasteiger partial charge on any atom is -0.619 e. The van der Waals surface area contributed by atoms with Crippen LogP contribution in [0.4, 0.5) is 26.3 Å². The molecule has 1 aliphatic heterocycles. The number of rotatable bonds is 5. The van der Waals surface area contributed by atoms with Gasteiger partial charge in [0.05, 0.1) is 29.3 Å². The third-order valence-electron chi connectivity index (χ3n) is 6.74. The lowest BCUT2D eigenvalue weighted by Gasteiger charge is -2.25. The SMILES string of the molecule is O=C(c1nnn(Cc2cc(C(F)(F)F)cc(C(F)(F)F)c2)c1-c1ccc[n+]([O-])c1)N1CCCC1c1ccccc1Cl. The van der Waals surface area contributed by atoms with Gasteiger partial charge in [0.25, 0.3) is 5.91 Å². The molecule has 0 N–H and O–H groups in total. The number of hydrogen-bond acceptors (Lipinski definition) is 4. The molecule has 1 saturated heterocycles. The highest BCUT2D eigenvalue weighted by atomic mass is 35.5. The maximum Gasteiger partial charge on any atom is 0.416 e. The minimum absolute atomic E-state index is 0.0282. The molecule has 0 spiro atoms. The molecule has 1 fully saturated rings. The van der Waals surface area contributed by atoms with E-state index in [1.165, 1.54) is 18.3 Å². The topological polar surface area (TPSA) is 78.0 Å². The molecule has 3 heterocycles. The number of halogens is 7. The molecule has 214 valence electrons. The second-order valence-electron chi connectivity index (χ2n) is 9.49. The van der Waals surface area contributed by atoms with E-state index in [1.807, 2.05) is 0 Å². The molecule has 41 heavy (non-hydrogen) atoms. The normalized spacial score (nSPS) is 15.9. The smallest absolute Gasteiger partial charge is 0.416 e. The Morgan fingerprint density at radius 2 is 1.71 bits per heavy atom. The van der Waals surface area contributed by atoms with Crippen molar-refractivity contribution in [1.82, 2.24) is 19.9 Å². The summed E-state index contributed by atoms with van der Waals surface area (Å²) in [5.74, 6) is -0.574. The number of hydrogen-bond donors (Lipinski definition) is 0. The summed E-state index contributed by atoms with van der Waals surface area (Å²) in [5, 5.41) is 20.5. The summed E-state index contributed by atoms with van der Waals surface area (Å²) in [5.41, 5.74) is -2.73. The van der Waals surface area contributed by atoms with Crippen LogP contribution in [-0.4, -0.2) is 32.3 Å². The molecule has 2 aromatic heterocycles. The summed E-state index contributed by atoms with van der Waals surface area (Å²) in [6.07, 6.45) is -6.54. The number of nitrogens with zero attached hydrogens (tertiary/aromatic N) is 5. The zero-order valence-corrected chi connectivity index (χ0v) is 21.7. The van der Waals surface area contributed by atoms with Gasteiger partial charge in [-0.1, -0.05) is 35.0 Å². The van der Waals surface area contributed by atoms with Gasteiger partial charge in [-0.15, -0.1) is 5.10 Å². The third-order valence-corrected chi connectivity index (χ3v) is 7.09. The van der Waals surface area contributed by atoms with Gasteiger partial charge in [-0.25, -0.2) is 4.68 Å². The zero-order chi connectivity index (χ0) is 29.5. The molecular formula is C27H20ClF6N5O2. The number of pyridine rings is 1. The van der Waals surface area contributed by atoms with Gasteiger partial charge in [0, 0.05) is 17.6 Å². The molecule has 1 aliphatic rings. The summed E-state index contributed by atoms with van der Waals surface area (Å²) in [4.78, 5) is 15.4. The average Bonchev–Trinajstić information content (AvgIpc) is 3.55. The van der Waals surface area contributed by atoms with Crippen molar-refractivity contribution in [2.45, 2.75) is 37.8 Å². The molecule has 7 nitrogen and oxygen atoms in total. The number of alkyl halides is 6. The second-order valence-corrected chi connectivity index (χ2v) is 9.90. The van der Waals surface area contributed by atoms with E-state index >= 15 is 0 Å². The first-order valence-corrected chi connectivity index (χ1v) is 12.7. The maximum atomic E-state index is 13.8. The van der Waals surface area contributed by atoms with Gasteiger partial charge in [-0.3, -0.25) is 4.79 Å². The monoisotopic (exact) mass is 595 g/mol. The van der Waals surface area contributed by atoms with Crippen LogP contribution >= 0.6 is 11.6 Å². The molecule has 4 aromatic rings. The van der Waals surface area contributed by atoms with E-state index in [9.17, 15) is 36.3 Å². The fourth-order valence-corrected chi connectivity index (χ4v) is 5.21. The van der Waals surface area contributed by atoms with Crippen LogP contribution in [0, 0.1) is 5.21 Å². The van der Waals surface area contributed by atoms with Crippen LogP contribution in [0.3, 0.4) is 0 Å². The predicted octanol–water partition coefficient (Wildman–Crippen LogP) is 6.30. The quantitative estimate of drug-likeness (QED) is 0.154. The van der Waals surface area contributed by atoms with E-state index in [0.29, 0.717) is 41.3 Å². The Kier molecular flexibility index (Phi) is 7.41. The van der Waals surface area contributed by atoms with E-state index in [2.05, 4.69) is 10.3 Å². The Morgan fingerprint density at radius 3 is 2.34 bits per heavy atom. The lowest BCUT2D eigenvalue weighted by atomic mass is 10.0. The van der Waals surface area contributed by atoms with Gasteiger partial charge in [0.1, 0.15) is 5.69 Å². The van der Waals surface area contributed by atoms with Crippen molar-refractivity contribution in [3.63, 3.8) is 0 Å². The van der Waals surface area contributed by atoms with Gasteiger partial charge >= 0.3 is 12.4 Å².